The molecule has 3 aromatic rings. The van der Waals surface area contributed by atoms with Gasteiger partial charge in [-0.2, -0.15) is 0 Å². The molecule has 3 rings (SSSR count). The number of ether oxygens (including phenoxy) is 4. The molecule has 2 N–H and O–H groups in total. The Kier molecular flexibility index (Phi) is 8.33. The maximum absolute atomic E-state index is 12.6. The van der Waals surface area contributed by atoms with Crippen LogP contribution < -0.4 is 29.6 Å². The molecule has 0 aliphatic heterocycles. The lowest BCUT2D eigenvalue weighted by Crippen LogP contribution is -2.14. The lowest BCUT2D eigenvalue weighted by Gasteiger charge is -2.10. The molecule has 174 valence electrons. The van der Waals surface area contributed by atoms with Crippen molar-refractivity contribution in [1.82, 2.24) is 10.2 Å². The van der Waals surface area contributed by atoms with Gasteiger partial charge in [-0.1, -0.05) is 23.1 Å². The maximum atomic E-state index is 12.6. The molecule has 1 aromatic heterocycles. The summed E-state index contributed by atoms with van der Waals surface area (Å²) in [6, 6.07) is 9.98. The van der Waals surface area contributed by atoms with Crippen LogP contribution in [-0.2, 0) is 4.79 Å². The summed E-state index contributed by atoms with van der Waals surface area (Å²) >= 11 is 2.37. The second-order valence-corrected chi connectivity index (χ2v) is 8.50. The number of hydrogen-bond acceptors (Lipinski definition) is 10. The second kappa shape index (κ2) is 11.4. The van der Waals surface area contributed by atoms with Crippen molar-refractivity contribution in [2.75, 3.05) is 44.8 Å². The van der Waals surface area contributed by atoms with Crippen molar-refractivity contribution in [3.8, 4) is 23.0 Å². The van der Waals surface area contributed by atoms with Crippen LogP contribution in [-0.4, -0.2) is 56.2 Å². The molecule has 10 nitrogen and oxygen atoms in total. The summed E-state index contributed by atoms with van der Waals surface area (Å²) in [4.78, 5) is 24.9. The van der Waals surface area contributed by atoms with Gasteiger partial charge in [-0.25, -0.2) is 0 Å². The minimum absolute atomic E-state index is 0.114. The van der Waals surface area contributed by atoms with Crippen molar-refractivity contribution in [2.45, 2.75) is 4.34 Å². The van der Waals surface area contributed by atoms with Gasteiger partial charge in [0.05, 0.1) is 39.8 Å². The highest BCUT2D eigenvalue weighted by Gasteiger charge is 2.16. The number of benzene rings is 2. The van der Waals surface area contributed by atoms with Crippen molar-refractivity contribution in [2.24, 2.45) is 0 Å². The molecule has 0 saturated heterocycles. The van der Waals surface area contributed by atoms with Crippen LogP contribution in [0.2, 0.25) is 0 Å². The van der Waals surface area contributed by atoms with Gasteiger partial charge in [0.1, 0.15) is 11.5 Å². The van der Waals surface area contributed by atoms with E-state index in [1.807, 2.05) is 0 Å². The van der Waals surface area contributed by atoms with Crippen LogP contribution in [0.1, 0.15) is 10.4 Å². The van der Waals surface area contributed by atoms with Crippen LogP contribution in [0.5, 0.6) is 23.0 Å². The van der Waals surface area contributed by atoms with E-state index in [0.717, 1.165) is 11.3 Å². The number of carbonyl (C=O) groups excluding carboxylic acids is 2. The largest absolute Gasteiger partial charge is 0.497 e. The summed E-state index contributed by atoms with van der Waals surface area (Å²) < 4.78 is 21.4. The highest BCUT2D eigenvalue weighted by Crippen LogP contribution is 2.31. The van der Waals surface area contributed by atoms with E-state index < -0.39 is 5.91 Å². The molecule has 0 fully saturated rings. The fourth-order valence-electron chi connectivity index (χ4n) is 2.71. The summed E-state index contributed by atoms with van der Waals surface area (Å²) in [7, 11) is 6.07. The maximum Gasteiger partial charge on any atom is 0.261 e. The molecule has 0 bridgehead atoms. The zero-order chi connectivity index (χ0) is 23.8. The Labute approximate surface area is 198 Å². The number of nitrogens with zero attached hydrogens (tertiary/aromatic N) is 2. The number of carbonyl (C=O) groups is 2. The first kappa shape index (κ1) is 24.1. The highest BCUT2D eigenvalue weighted by molar-refractivity contribution is 8.01. The van der Waals surface area contributed by atoms with Crippen LogP contribution in [0.4, 0.5) is 10.8 Å². The minimum atomic E-state index is -0.395. The van der Waals surface area contributed by atoms with E-state index in [4.69, 9.17) is 18.9 Å². The molecule has 33 heavy (non-hydrogen) atoms. The quantitative estimate of drug-likeness (QED) is 0.325. The fourth-order valence-corrected chi connectivity index (χ4v) is 4.25. The predicted molar refractivity (Wildman–Crippen MR) is 126 cm³/mol. The van der Waals surface area contributed by atoms with Crippen molar-refractivity contribution >= 4 is 45.7 Å². The molecule has 0 saturated carbocycles. The Morgan fingerprint density at radius 1 is 0.879 bits per heavy atom. The molecule has 0 atom stereocenters. The van der Waals surface area contributed by atoms with E-state index in [2.05, 4.69) is 20.8 Å². The van der Waals surface area contributed by atoms with Crippen LogP contribution >= 0.6 is 23.1 Å². The van der Waals surface area contributed by atoms with Crippen LogP contribution in [0.15, 0.2) is 40.7 Å². The predicted octanol–water partition coefficient (Wildman–Crippen LogP) is 3.56. The second-order valence-electron chi connectivity index (χ2n) is 6.30. The normalized spacial score (nSPS) is 10.3. The Bertz CT molecular complexity index is 1140. The Morgan fingerprint density at radius 2 is 1.64 bits per heavy atom. The first-order chi connectivity index (χ1) is 16.0. The SMILES string of the molecule is COc1ccc(C(=O)Nc2nnc(SCC(=O)Nc3ccc(OC)c(OC)c3)s2)c(OC)c1. The summed E-state index contributed by atoms with van der Waals surface area (Å²) in [5.41, 5.74) is 0.911. The van der Waals surface area contributed by atoms with Crippen LogP contribution in [0.3, 0.4) is 0 Å². The van der Waals surface area contributed by atoms with E-state index in [-0.39, 0.29) is 11.7 Å². The number of amides is 2. The third-order valence-electron chi connectivity index (χ3n) is 4.27. The third-order valence-corrected chi connectivity index (χ3v) is 6.25. The lowest BCUT2D eigenvalue weighted by atomic mass is 10.2. The molecule has 0 aliphatic carbocycles. The van der Waals surface area contributed by atoms with Gasteiger partial charge in [0.25, 0.3) is 5.91 Å². The Hall–Kier alpha value is -3.51. The fraction of sp³-hybridized carbons (Fsp3) is 0.238. The van der Waals surface area contributed by atoms with Crippen molar-refractivity contribution in [1.29, 1.82) is 0 Å². The molecule has 0 unspecified atom stereocenters. The number of methoxy groups -OCH3 is 4. The van der Waals surface area contributed by atoms with E-state index in [1.54, 1.807) is 43.5 Å². The van der Waals surface area contributed by atoms with E-state index in [1.165, 1.54) is 33.1 Å². The average molecular weight is 491 g/mol. The number of anilines is 2. The zero-order valence-electron chi connectivity index (χ0n) is 18.3. The first-order valence-corrected chi connectivity index (χ1v) is 11.3. The summed E-state index contributed by atoms with van der Waals surface area (Å²) in [6.07, 6.45) is 0. The van der Waals surface area contributed by atoms with Gasteiger partial charge in [-0.05, 0) is 24.3 Å². The van der Waals surface area contributed by atoms with Gasteiger partial charge < -0.3 is 24.3 Å². The van der Waals surface area contributed by atoms with Gasteiger partial charge in [0, 0.05) is 17.8 Å². The zero-order valence-corrected chi connectivity index (χ0v) is 20.0. The summed E-state index contributed by atoms with van der Waals surface area (Å²) in [5.74, 6) is 1.52. The van der Waals surface area contributed by atoms with Crippen molar-refractivity contribution in [3.05, 3.63) is 42.0 Å². The number of rotatable bonds is 10. The van der Waals surface area contributed by atoms with Crippen LogP contribution in [0.25, 0.3) is 0 Å². The molecule has 1 heterocycles. The standard InChI is InChI=1S/C21H22N4O6S2/c1-28-13-6-7-14(16(10-13)30-3)19(27)23-20-24-25-21(33-20)32-11-18(26)22-12-5-8-15(29-2)17(9-12)31-4/h5-10H,11H2,1-4H3,(H,22,26)(H,23,24,27). The van der Waals surface area contributed by atoms with Crippen molar-refractivity contribution in [3.63, 3.8) is 0 Å². The lowest BCUT2D eigenvalue weighted by molar-refractivity contribution is -0.113. The average Bonchev–Trinajstić information content (AvgIpc) is 3.29. The smallest absolute Gasteiger partial charge is 0.261 e. The molecular formula is C21H22N4O6S2. The Morgan fingerprint density at radius 3 is 2.33 bits per heavy atom. The molecule has 12 heteroatoms. The molecule has 2 amide bonds. The summed E-state index contributed by atoms with van der Waals surface area (Å²) in [5, 5.41) is 13.8. The van der Waals surface area contributed by atoms with Gasteiger partial charge in [0.15, 0.2) is 15.8 Å². The molecule has 2 aromatic carbocycles. The molecular weight excluding hydrogens is 468 g/mol. The first-order valence-electron chi connectivity index (χ1n) is 9.49. The summed E-state index contributed by atoms with van der Waals surface area (Å²) in [6.45, 7) is 0. The van der Waals surface area contributed by atoms with Crippen LogP contribution in [0, 0.1) is 0 Å². The number of hydrogen-bond donors (Lipinski definition) is 2. The van der Waals surface area contributed by atoms with E-state index >= 15 is 0 Å². The Balaban J connectivity index is 1.56. The van der Waals surface area contributed by atoms with Gasteiger partial charge in [-0.3, -0.25) is 14.9 Å². The van der Waals surface area contributed by atoms with E-state index in [9.17, 15) is 9.59 Å². The number of thioether (sulfide) groups is 1. The van der Waals surface area contributed by atoms with E-state index in [0.29, 0.717) is 43.7 Å². The topological polar surface area (TPSA) is 121 Å². The monoisotopic (exact) mass is 490 g/mol. The highest BCUT2D eigenvalue weighted by atomic mass is 32.2. The third kappa shape index (κ3) is 6.26. The van der Waals surface area contributed by atoms with Crippen molar-refractivity contribution < 1.29 is 28.5 Å². The minimum Gasteiger partial charge on any atom is -0.497 e. The number of aromatic nitrogens is 2. The molecule has 0 aliphatic rings. The molecule has 0 radical (unpaired) electrons. The number of nitrogens with one attached hydrogen (secondary N) is 2. The molecule has 0 spiro atoms. The van der Waals surface area contributed by atoms with Gasteiger partial charge in [-0.15, -0.1) is 10.2 Å². The van der Waals surface area contributed by atoms with Gasteiger partial charge in [0.2, 0.25) is 11.0 Å². The van der Waals surface area contributed by atoms with Gasteiger partial charge >= 0.3 is 0 Å².